The number of carbonyl (C=O) groups excluding carboxylic acids is 1. The van der Waals surface area contributed by atoms with Crippen molar-refractivity contribution in [2.75, 3.05) is 0 Å². The molecule has 3 heterocycles. The Morgan fingerprint density at radius 1 is 1.43 bits per heavy atom. The molecule has 0 radical (unpaired) electrons. The zero-order valence-corrected chi connectivity index (χ0v) is 11.4. The van der Waals surface area contributed by atoms with Gasteiger partial charge in [-0.2, -0.15) is 25.6 Å². The standard InChI is InChI=1S/C8H6F2O9S2/c9-8(10,21(14,15)16)7(11)18-4-2-1-3-5(17-2)6(4)19-20(3,12)13/h2-3,5H,1H2,(H,14,15,16). The molecule has 0 aliphatic carbocycles. The molecule has 3 unspecified atom stereocenters. The summed E-state index contributed by atoms with van der Waals surface area (Å²) in [6, 6.07) is 0. The van der Waals surface area contributed by atoms with E-state index < -0.39 is 60.4 Å². The Balaban J connectivity index is 1.91. The third-order valence-electron chi connectivity index (χ3n) is 3.23. The molecule has 13 heteroatoms. The van der Waals surface area contributed by atoms with Gasteiger partial charge >= 0.3 is 31.5 Å². The average Bonchev–Trinajstić information content (AvgIpc) is 2.91. The minimum absolute atomic E-state index is 0.170. The molecule has 1 N–H and O–H groups in total. The minimum atomic E-state index is -6.02. The summed E-state index contributed by atoms with van der Waals surface area (Å²) in [5, 5.41) is -6.21. The highest BCUT2D eigenvalue weighted by molar-refractivity contribution is 7.88. The van der Waals surface area contributed by atoms with Gasteiger partial charge in [0.15, 0.2) is 11.5 Å². The zero-order valence-electron chi connectivity index (χ0n) is 9.72. The molecule has 3 atom stereocenters. The van der Waals surface area contributed by atoms with Gasteiger partial charge in [0, 0.05) is 6.42 Å². The number of alkyl halides is 2. The summed E-state index contributed by atoms with van der Waals surface area (Å²) in [6.07, 6.45) is -2.34. The normalized spacial score (nSPS) is 33.2. The van der Waals surface area contributed by atoms with Crippen LogP contribution in [0, 0.1) is 0 Å². The van der Waals surface area contributed by atoms with Crippen molar-refractivity contribution >= 4 is 26.2 Å². The Hall–Kier alpha value is -1.31. The lowest BCUT2D eigenvalue weighted by atomic mass is 10.0. The molecule has 3 aliphatic heterocycles. The van der Waals surface area contributed by atoms with Crippen molar-refractivity contribution in [3.05, 3.63) is 11.5 Å². The van der Waals surface area contributed by atoms with Gasteiger partial charge in [0.2, 0.25) is 0 Å². The maximum Gasteiger partial charge on any atom is 0.466 e. The van der Waals surface area contributed by atoms with E-state index in [9.17, 15) is 30.4 Å². The van der Waals surface area contributed by atoms with E-state index in [1.807, 2.05) is 0 Å². The molecule has 0 aromatic heterocycles. The van der Waals surface area contributed by atoms with Crippen LogP contribution in [0.25, 0.3) is 0 Å². The van der Waals surface area contributed by atoms with Crippen LogP contribution in [0.1, 0.15) is 6.42 Å². The van der Waals surface area contributed by atoms with Crippen LogP contribution in [0.5, 0.6) is 0 Å². The first-order valence-corrected chi connectivity index (χ1v) is 8.26. The fourth-order valence-electron chi connectivity index (χ4n) is 2.28. The largest absolute Gasteiger partial charge is 0.466 e. The van der Waals surface area contributed by atoms with Crippen molar-refractivity contribution in [1.82, 2.24) is 0 Å². The zero-order chi connectivity index (χ0) is 15.8. The van der Waals surface area contributed by atoms with Crippen molar-refractivity contribution in [1.29, 1.82) is 0 Å². The molecule has 0 saturated carbocycles. The summed E-state index contributed by atoms with van der Waals surface area (Å²) in [7, 11) is -10.0. The number of esters is 1. The molecule has 3 aliphatic rings. The Kier molecular flexibility index (Phi) is 2.72. The molecule has 3 rings (SSSR count). The highest BCUT2D eigenvalue weighted by atomic mass is 32.2. The Labute approximate surface area is 116 Å². The monoisotopic (exact) mass is 348 g/mol. The quantitative estimate of drug-likeness (QED) is 0.392. The summed E-state index contributed by atoms with van der Waals surface area (Å²) in [5.74, 6) is -3.64. The number of carbonyl (C=O) groups is 1. The second-order valence-electron chi connectivity index (χ2n) is 4.51. The van der Waals surface area contributed by atoms with Crippen LogP contribution in [-0.4, -0.2) is 50.1 Å². The molecule has 118 valence electrons. The predicted molar refractivity (Wildman–Crippen MR) is 56.7 cm³/mol. The minimum Gasteiger partial charge on any atom is -0.419 e. The molecular formula is C8H6F2O9S2. The topological polar surface area (TPSA) is 133 Å². The van der Waals surface area contributed by atoms with Gasteiger partial charge < -0.3 is 13.7 Å². The van der Waals surface area contributed by atoms with Gasteiger partial charge in [0.25, 0.3) is 0 Å². The van der Waals surface area contributed by atoms with Gasteiger partial charge in [-0.25, -0.2) is 4.79 Å². The number of ether oxygens (including phenoxy) is 2. The van der Waals surface area contributed by atoms with Crippen molar-refractivity contribution in [2.24, 2.45) is 0 Å². The van der Waals surface area contributed by atoms with Crippen LogP contribution in [-0.2, 0) is 38.7 Å². The average molecular weight is 348 g/mol. The van der Waals surface area contributed by atoms with Gasteiger partial charge in [-0.15, -0.1) is 0 Å². The molecule has 21 heavy (non-hydrogen) atoms. The molecular weight excluding hydrogens is 342 g/mol. The molecule has 9 nitrogen and oxygen atoms in total. The lowest BCUT2D eigenvalue weighted by Crippen LogP contribution is -2.39. The van der Waals surface area contributed by atoms with Crippen molar-refractivity contribution in [3.8, 4) is 0 Å². The summed E-state index contributed by atoms with van der Waals surface area (Å²) in [6.45, 7) is 0. The molecule has 2 fully saturated rings. The number of rotatable bonds is 3. The van der Waals surface area contributed by atoms with Crippen molar-refractivity contribution in [2.45, 2.75) is 29.1 Å². The van der Waals surface area contributed by atoms with Crippen LogP contribution in [0.2, 0.25) is 0 Å². The second-order valence-corrected chi connectivity index (χ2v) is 7.73. The predicted octanol–water partition coefficient (Wildman–Crippen LogP) is -0.879. The summed E-state index contributed by atoms with van der Waals surface area (Å²) >= 11 is 0. The first-order valence-electron chi connectivity index (χ1n) is 5.35. The Morgan fingerprint density at radius 2 is 2.05 bits per heavy atom. The van der Waals surface area contributed by atoms with Crippen LogP contribution >= 0.6 is 0 Å². The van der Waals surface area contributed by atoms with E-state index in [-0.39, 0.29) is 6.42 Å². The smallest absolute Gasteiger partial charge is 0.419 e. The number of fused-ring (bicyclic) bond motifs is 1. The SMILES string of the molecule is O=C(OC1=C2OS(=O)(=O)C3CC1OC23)C(F)(F)S(=O)(=O)O. The summed E-state index contributed by atoms with van der Waals surface area (Å²) in [4.78, 5) is 11.2. The highest BCUT2D eigenvalue weighted by Gasteiger charge is 2.63. The first kappa shape index (κ1) is 14.6. The van der Waals surface area contributed by atoms with E-state index in [2.05, 4.69) is 8.92 Å². The fourth-order valence-corrected chi connectivity index (χ4v) is 3.98. The van der Waals surface area contributed by atoms with E-state index in [4.69, 9.17) is 9.29 Å². The maximum atomic E-state index is 13.1. The van der Waals surface area contributed by atoms with Gasteiger partial charge in [-0.3, -0.25) is 4.55 Å². The maximum absolute atomic E-state index is 13.1. The first-order chi connectivity index (χ1) is 9.45. The van der Waals surface area contributed by atoms with Gasteiger partial charge in [0.1, 0.15) is 17.5 Å². The summed E-state index contributed by atoms with van der Waals surface area (Å²) in [5.41, 5.74) is 0. The van der Waals surface area contributed by atoms with Gasteiger partial charge in [-0.05, 0) is 0 Å². The van der Waals surface area contributed by atoms with E-state index in [1.165, 1.54) is 0 Å². The van der Waals surface area contributed by atoms with Crippen LogP contribution < -0.4 is 0 Å². The molecule has 0 aromatic carbocycles. The Bertz CT molecular complexity index is 766. The summed E-state index contributed by atoms with van der Waals surface area (Å²) < 4.78 is 92.1. The third kappa shape index (κ3) is 1.88. The highest BCUT2D eigenvalue weighted by Crippen LogP contribution is 2.49. The number of hydrogen-bond donors (Lipinski definition) is 1. The van der Waals surface area contributed by atoms with Gasteiger partial charge in [0.05, 0.1) is 0 Å². The molecule has 2 bridgehead atoms. The molecule has 0 aromatic rings. The van der Waals surface area contributed by atoms with Crippen molar-refractivity contribution in [3.63, 3.8) is 0 Å². The van der Waals surface area contributed by atoms with Crippen LogP contribution in [0.4, 0.5) is 8.78 Å². The Morgan fingerprint density at radius 3 is 2.62 bits per heavy atom. The fraction of sp³-hybridized carbons (Fsp3) is 0.625. The number of halogens is 2. The number of hydrogen-bond acceptors (Lipinski definition) is 8. The van der Waals surface area contributed by atoms with E-state index in [0.717, 1.165) is 0 Å². The molecule has 0 amide bonds. The third-order valence-corrected chi connectivity index (χ3v) is 5.64. The van der Waals surface area contributed by atoms with Crippen LogP contribution in [0.3, 0.4) is 0 Å². The van der Waals surface area contributed by atoms with Crippen molar-refractivity contribution < 1.29 is 48.6 Å². The van der Waals surface area contributed by atoms with Gasteiger partial charge in [-0.1, -0.05) is 0 Å². The molecule has 0 spiro atoms. The van der Waals surface area contributed by atoms with E-state index in [0.29, 0.717) is 0 Å². The van der Waals surface area contributed by atoms with E-state index >= 15 is 0 Å². The lowest BCUT2D eigenvalue weighted by Gasteiger charge is -2.15. The second kappa shape index (κ2) is 3.91. The van der Waals surface area contributed by atoms with Crippen LogP contribution in [0.15, 0.2) is 11.5 Å². The van der Waals surface area contributed by atoms with E-state index in [1.54, 1.807) is 0 Å². The lowest BCUT2D eigenvalue weighted by molar-refractivity contribution is -0.158. The molecule has 2 saturated heterocycles.